The summed E-state index contributed by atoms with van der Waals surface area (Å²) < 4.78 is 61.7. The van der Waals surface area contributed by atoms with Crippen LogP contribution >= 0.6 is 11.6 Å². The summed E-state index contributed by atoms with van der Waals surface area (Å²) in [5, 5.41) is 12.2. The van der Waals surface area contributed by atoms with Gasteiger partial charge < -0.3 is 15.2 Å². The number of rotatable bonds is 8. The van der Waals surface area contributed by atoms with Crippen molar-refractivity contribution in [3.05, 3.63) is 76.8 Å². The van der Waals surface area contributed by atoms with Crippen molar-refractivity contribution < 1.29 is 36.6 Å². The number of hydrogen-bond acceptors (Lipinski definition) is 6. The maximum atomic E-state index is 14.4. The first-order valence-corrected chi connectivity index (χ1v) is 11.9. The third kappa shape index (κ3) is 6.25. The Hall–Kier alpha value is -3.70. The molecule has 0 bridgehead atoms. The van der Waals surface area contributed by atoms with Crippen LogP contribution in [0.3, 0.4) is 0 Å². The van der Waals surface area contributed by atoms with Gasteiger partial charge in [0.1, 0.15) is 23.1 Å². The predicted octanol–water partition coefficient (Wildman–Crippen LogP) is 4.08. The Kier molecular flexibility index (Phi) is 7.92. The van der Waals surface area contributed by atoms with Gasteiger partial charge in [0, 0.05) is 18.6 Å². The molecular formula is C23H19ClF2N2O6S. The van der Waals surface area contributed by atoms with E-state index in [1.54, 1.807) is 30.3 Å². The summed E-state index contributed by atoms with van der Waals surface area (Å²) >= 11 is 5.90. The Morgan fingerprint density at radius 2 is 1.74 bits per heavy atom. The molecule has 0 spiro atoms. The van der Waals surface area contributed by atoms with Crippen molar-refractivity contribution in [3.8, 4) is 16.9 Å². The maximum absolute atomic E-state index is 14.4. The van der Waals surface area contributed by atoms with Crippen LogP contribution in [0.4, 0.5) is 14.5 Å². The monoisotopic (exact) mass is 524 g/mol. The van der Waals surface area contributed by atoms with E-state index in [2.05, 4.69) is 5.32 Å². The second kappa shape index (κ2) is 10.7. The Labute approximate surface area is 204 Å². The SMILES string of the molecule is CC(=O)NCCOC(=O)c1cc(Cl)c(O)c(S(=O)(=O)Nc2cc(-c3ccccc3)c(F)cc2F)c1. The summed E-state index contributed by atoms with van der Waals surface area (Å²) in [6.45, 7) is 1.09. The van der Waals surface area contributed by atoms with Gasteiger partial charge in [0.2, 0.25) is 5.91 Å². The fraction of sp³-hybridized carbons (Fsp3) is 0.130. The molecule has 12 heteroatoms. The van der Waals surface area contributed by atoms with E-state index in [0.717, 1.165) is 18.2 Å². The summed E-state index contributed by atoms with van der Waals surface area (Å²) in [5.41, 5.74) is -0.603. The standard InChI is InChI=1S/C23H19ClF2N2O6S/c1-13(29)27-7-8-34-23(31)15-9-17(24)22(30)21(10-15)35(32,33)28-20-11-16(18(25)12-19(20)26)14-5-3-2-4-6-14/h2-6,9-12,28,30H,7-8H2,1H3,(H,27,29). The van der Waals surface area contributed by atoms with Gasteiger partial charge in [0.15, 0.2) is 5.75 Å². The number of amides is 1. The lowest BCUT2D eigenvalue weighted by atomic mass is 10.0. The van der Waals surface area contributed by atoms with Crippen LogP contribution in [0.1, 0.15) is 17.3 Å². The van der Waals surface area contributed by atoms with Gasteiger partial charge in [0.05, 0.1) is 22.8 Å². The minimum absolute atomic E-state index is 0.0210. The molecule has 0 atom stereocenters. The highest BCUT2D eigenvalue weighted by atomic mass is 35.5. The highest BCUT2D eigenvalue weighted by Crippen LogP contribution is 2.35. The summed E-state index contributed by atoms with van der Waals surface area (Å²) in [7, 11) is -4.70. The lowest BCUT2D eigenvalue weighted by Gasteiger charge is -2.14. The molecule has 3 aromatic carbocycles. The van der Waals surface area contributed by atoms with E-state index in [9.17, 15) is 31.9 Å². The summed E-state index contributed by atoms with van der Waals surface area (Å²) in [4.78, 5) is 22.3. The number of carbonyl (C=O) groups is 2. The molecule has 0 saturated carbocycles. The molecule has 0 unspecified atom stereocenters. The van der Waals surface area contributed by atoms with E-state index in [4.69, 9.17) is 16.3 Å². The first-order valence-electron chi connectivity index (χ1n) is 10.0. The first-order chi connectivity index (χ1) is 16.5. The number of ether oxygens (including phenoxy) is 1. The van der Waals surface area contributed by atoms with E-state index in [-0.39, 0.29) is 30.2 Å². The van der Waals surface area contributed by atoms with Crippen LogP contribution < -0.4 is 10.0 Å². The number of nitrogens with one attached hydrogen (secondary N) is 2. The highest BCUT2D eigenvalue weighted by molar-refractivity contribution is 7.92. The Morgan fingerprint density at radius 1 is 1.06 bits per heavy atom. The number of aromatic hydroxyl groups is 1. The number of anilines is 1. The molecule has 3 rings (SSSR count). The molecular weight excluding hydrogens is 506 g/mol. The largest absolute Gasteiger partial charge is 0.505 e. The van der Waals surface area contributed by atoms with E-state index in [1.165, 1.54) is 6.92 Å². The summed E-state index contributed by atoms with van der Waals surface area (Å²) in [6.07, 6.45) is 0. The predicted molar refractivity (Wildman–Crippen MR) is 125 cm³/mol. The number of halogens is 3. The van der Waals surface area contributed by atoms with E-state index < -0.39 is 49.0 Å². The number of carbonyl (C=O) groups excluding carboxylic acids is 2. The molecule has 0 aliphatic heterocycles. The van der Waals surface area contributed by atoms with E-state index in [1.807, 2.05) is 4.72 Å². The van der Waals surface area contributed by atoms with Gasteiger partial charge >= 0.3 is 5.97 Å². The third-order valence-electron chi connectivity index (χ3n) is 4.65. The van der Waals surface area contributed by atoms with E-state index >= 15 is 0 Å². The van der Waals surface area contributed by atoms with Crippen molar-refractivity contribution >= 4 is 39.2 Å². The van der Waals surface area contributed by atoms with Gasteiger partial charge in [-0.05, 0) is 23.8 Å². The van der Waals surface area contributed by atoms with Crippen molar-refractivity contribution in [1.29, 1.82) is 0 Å². The second-order valence-electron chi connectivity index (χ2n) is 7.21. The molecule has 0 fully saturated rings. The molecule has 0 heterocycles. The zero-order valence-electron chi connectivity index (χ0n) is 18.1. The van der Waals surface area contributed by atoms with Crippen LogP contribution in [0.25, 0.3) is 11.1 Å². The number of phenolic OH excluding ortho intramolecular Hbond substituents is 1. The van der Waals surface area contributed by atoms with Gasteiger partial charge in [-0.25, -0.2) is 22.0 Å². The van der Waals surface area contributed by atoms with Crippen LogP contribution in [0.15, 0.2) is 59.5 Å². The molecule has 0 saturated heterocycles. The van der Waals surface area contributed by atoms with E-state index in [0.29, 0.717) is 11.6 Å². The van der Waals surface area contributed by atoms with Crippen molar-refractivity contribution in [2.45, 2.75) is 11.8 Å². The lowest BCUT2D eigenvalue weighted by molar-refractivity contribution is -0.119. The average molecular weight is 525 g/mol. The molecule has 0 aromatic heterocycles. The lowest BCUT2D eigenvalue weighted by Crippen LogP contribution is -2.25. The minimum Gasteiger partial charge on any atom is -0.505 e. The Morgan fingerprint density at radius 3 is 2.40 bits per heavy atom. The zero-order valence-corrected chi connectivity index (χ0v) is 19.7. The van der Waals surface area contributed by atoms with Gasteiger partial charge in [-0.2, -0.15) is 0 Å². The molecule has 0 aliphatic carbocycles. The summed E-state index contributed by atoms with van der Waals surface area (Å²) in [6, 6.07) is 11.3. The molecule has 1 amide bonds. The molecule has 3 N–H and O–H groups in total. The topological polar surface area (TPSA) is 122 Å². The fourth-order valence-corrected chi connectivity index (χ4v) is 4.49. The Balaban J connectivity index is 1.92. The van der Waals surface area contributed by atoms with Crippen LogP contribution in [0.2, 0.25) is 5.02 Å². The average Bonchev–Trinajstić information content (AvgIpc) is 2.80. The maximum Gasteiger partial charge on any atom is 0.338 e. The van der Waals surface area contributed by atoms with Crippen LogP contribution in [-0.2, 0) is 19.6 Å². The third-order valence-corrected chi connectivity index (χ3v) is 6.32. The van der Waals surface area contributed by atoms with Crippen LogP contribution in [0.5, 0.6) is 5.75 Å². The molecule has 0 radical (unpaired) electrons. The van der Waals surface area contributed by atoms with Crippen molar-refractivity contribution in [2.75, 3.05) is 17.9 Å². The molecule has 35 heavy (non-hydrogen) atoms. The fourth-order valence-electron chi connectivity index (χ4n) is 3.02. The quantitative estimate of drug-likeness (QED) is 0.301. The summed E-state index contributed by atoms with van der Waals surface area (Å²) in [5.74, 6) is -4.32. The molecule has 3 aromatic rings. The molecule has 184 valence electrons. The second-order valence-corrected chi connectivity index (χ2v) is 9.27. The van der Waals surface area contributed by atoms with Gasteiger partial charge in [0.25, 0.3) is 10.0 Å². The molecule has 0 aliphatic rings. The first kappa shape index (κ1) is 25.9. The number of hydrogen-bond donors (Lipinski definition) is 3. The smallest absolute Gasteiger partial charge is 0.338 e. The van der Waals surface area contributed by atoms with Crippen LogP contribution in [0, 0.1) is 11.6 Å². The normalized spacial score (nSPS) is 11.1. The van der Waals surface area contributed by atoms with Crippen molar-refractivity contribution in [2.24, 2.45) is 0 Å². The number of esters is 1. The Bertz CT molecular complexity index is 1380. The number of benzene rings is 3. The van der Waals surface area contributed by atoms with Crippen LogP contribution in [-0.4, -0.2) is 38.6 Å². The van der Waals surface area contributed by atoms with Gasteiger partial charge in [-0.3, -0.25) is 9.52 Å². The minimum atomic E-state index is -4.70. The van der Waals surface area contributed by atoms with Crippen molar-refractivity contribution in [3.63, 3.8) is 0 Å². The highest BCUT2D eigenvalue weighted by Gasteiger charge is 2.26. The number of phenols is 1. The van der Waals surface area contributed by atoms with Crippen molar-refractivity contribution in [1.82, 2.24) is 5.32 Å². The molecule has 8 nitrogen and oxygen atoms in total. The number of sulfonamides is 1. The van der Waals surface area contributed by atoms with Gasteiger partial charge in [-0.1, -0.05) is 41.9 Å². The zero-order chi connectivity index (χ0) is 25.8. The van der Waals surface area contributed by atoms with Gasteiger partial charge in [-0.15, -0.1) is 0 Å².